The molecule has 4 nitrogen and oxygen atoms in total. The topological polar surface area (TPSA) is 44.7 Å². The van der Waals surface area contributed by atoms with Crippen LogP contribution >= 0.6 is 23.4 Å². The van der Waals surface area contributed by atoms with E-state index in [2.05, 4.69) is 68.0 Å². The maximum Gasteiger partial charge on any atom is 0.264 e. The molecule has 2 aliphatic rings. The van der Waals surface area contributed by atoms with Gasteiger partial charge in [-0.2, -0.15) is 0 Å². The average Bonchev–Trinajstić information content (AvgIpc) is 3.08. The molecule has 2 aromatic rings. The van der Waals surface area contributed by atoms with Gasteiger partial charge in [0, 0.05) is 22.8 Å². The van der Waals surface area contributed by atoms with Crippen LogP contribution in [-0.4, -0.2) is 23.2 Å². The molecule has 2 aromatic carbocycles. The molecular weight excluding hydrogens is 450 g/mol. The SMILES string of the molecule is CCCN1c2cc(Cl)c(/C=C3/SC(=Nc4cccc(C)c4C)NC3=O)cc2C(C)=CC1(C)C. The number of aliphatic imine (C=N–C) groups is 1. The number of fused-ring (bicyclic) bond motifs is 1. The van der Waals surface area contributed by atoms with E-state index in [-0.39, 0.29) is 11.4 Å². The molecule has 0 bridgehead atoms. The number of hydrogen-bond acceptors (Lipinski definition) is 4. The number of amides is 1. The number of carbonyl (C=O) groups excluding carboxylic acids is 1. The van der Waals surface area contributed by atoms with E-state index in [1.807, 2.05) is 31.2 Å². The summed E-state index contributed by atoms with van der Waals surface area (Å²) < 4.78 is 0. The van der Waals surface area contributed by atoms with Gasteiger partial charge in [0.1, 0.15) is 0 Å². The second kappa shape index (κ2) is 9.03. The largest absolute Gasteiger partial charge is 0.362 e. The summed E-state index contributed by atoms with van der Waals surface area (Å²) in [5, 5.41) is 4.11. The molecule has 2 heterocycles. The Labute approximate surface area is 205 Å². The molecule has 1 amide bonds. The van der Waals surface area contributed by atoms with Crippen LogP contribution in [0.2, 0.25) is 5.02 Å². The van der Waals surface area contributed by atoms with Crippen molar-refractivity contribution >= 4 is 57.5 Å². The van der Waals surface area contributed by atoms with Crippen molar-refractivity contribution in [3.63, 3.8) is 0 Å². The predicted octanol–water partition coefficient (Wildman–Crippen LogP) is 7.26. The first kappa shape index (κ1) is 23.7. The summed E-state index contributed by atoms with van der Waals surface area (Å²) in [4.78, 5) is 20.3. The number of nitrogens with zero attached hydrogens (tertiary/aromatic N) is 2. The molecule has 0 aromatic heterocycles. The third kappa shape index (κ3) is 4.62. The number of hydrogen-bond donors (Lipinski definition) is 1. The molecule has 0 saturated carbocycles. The molecule has 2 aliphatic heterocycles. The summed E-state index contributed by atoms with van der Waals surface area (Å²) in [5.41, 5.74) is 7.44. The molecule has 1 saturated heterocycles. The zero-order valence-electron chi connectivity index (χ0n) is 20.0. The van der Waals surface area contributed by atoms with Gasteiger partial charge in [-0.3, -0.25) is 4.79 Å². The molecular formula is C27H30ClN3OS. The van der Waals surface area contributed by atoms with Crippen LogP contribution in [0.3, 0.4) is 0 Å². The summed E-state index contributed by atoms with van der Waals surface area (Å²) in [6.07, 6.45) is 5.23. The number of thioether (sulfide) groups is 1. The number of amidine groups is 1. The van der Waals surface area contributed by atoms with Crippen LogP contribution in [0.4, 0.5) is 11.4 Å². The Hall–Kier alpha value is -2.50. The molecule has 172 valence electrons. The summed E-state index contributed by atoms with van der Waals surface area (Å²) in [6, 6.07) is 10.1. The van der Waals surface area contributed by atoms with Crippen molar-refractivity contribution in [2.75, 3.05) is 11.4 Å². The van der Waals surface area contributed by atoms with Crippen molar-refractivity contribution in [1.29, 1.82) is 0 Å². The second-order valence-electron chi connectivity index (χ2n) is 9.22. The number of anilines is 1. The van der Waals surface area contributed by atoms with E-state index in [0.717, 1.165) is 41.0 Å². The fraction of sp³-hybridized carbons (Fsp3) is 0.333. The highest BCUT2D eigenvalue weighted by Crippen LogP contribution is 2.42. The molecule has 4 rings (SSSR count). The van der Waals surface area contributed by atoms with Crippen molar-refractivity contribution in [1.82, 2.24) is 5.32 Å². The highest BCUT2D eigenvalue weighted by Gasteiger charge is 2.31. The number of carbonyl (C=O) groups is 1. The Morgan fingerprint density at radius 3 is 2.70 bits per heavy atom. The van der Waals surface area contributed by atoms with Crippen LogP contribution < -0.4 is 10.2 Å². The molecule has 6 heteroatoms. The molecule has 0 atom stereocenters. The summed E-state index contributed by atoms with van der Waals surface area (Å²) >= 11 is 8.08. The first-order valence-electron chi connectivity index (χ1n) is 11.3. The van der Waals surface area contributed by atoms with E-state index in [0.29, 0.717) is 15.1 Å². The molecule has 0 unspecified atom stereocenters. The number of nitrogens with one attached hydrogen (secondary N) is 1. The van der Waals surface area contributed by atoms with Gasteiger partial charge in [0.2, 0.25) is 0 Å². The quantitative estimate of drug-likeness (QED) is 0.469. The van der Waals surface area contributed by atoms with Crippen LogP contribution in [0.5, 0.6) is 0 Å². The summed E-state index contributed by atoms with van der Waals surface area (Å²) in [7, 11) is 0. The smallest absolute Gasteiger partial charge is 0.264 e. The minimum absolute atomic E-state index is 0.0725. The second-order valence-corrected chi connectivity index (χ2v) is 10.7. The number of benzene rings is 2. The van der Waals surface area contributed by atoms with Crippen LogP contribution in [0, 0.1) is 13.8 Å². The lowest BCUT2D eigenvalue weighted by atomic mass is 9.87. The summed E-state index contributed by atoms with van der Waals surface area (Å²) in [5.74, 6) is -0.154. The van der Waals surface area contributed by atoms with E-state index >= 15 is 0 Å². The van der Waals surface area contributed by atoms with Gasteiger partial charge in [-0.05, 0) is 99.3 Å². The molecule has 0 radical (unpaired) electrons. The maximum atomic E-state index is 12.7. The number of rotatable bonds is 4. The van der Waals surface area contributed by atoms with E-state index in [1.165, 1.54) is 22.9 Å². The van der Waals surface area contributed by atoms with Crippen LogP contribution in [-0.2, 0) is 4.79 Å². The highest BCUT2D eigenvalue weighted by molar-refractivity contribution is 8.18. The minimum Gasteiger partial charge on any atom is -0.362 e. The lowest BCUT2D eigenvalue weighted by Gasteiger charge is -2.43. The van der Waals surface area contributed by atoms with Crippen molar-refractivity contribution in [2.45, 2.75) is 53.5 Å². The van der Waals surface area contributed by atoms with Gasteiger partial charge in [-0.15, -0.1) is 0 Å². The Morgan fingerprint density at radius 1 is 1.21 bits per heavy atom. The van der Waals surface area contributed by atoms with Gasteiger partial charge >= 0.3 is 0 Å². The Kier molecular flexibility index (Phi) is 6.47. The summed E-state index contributed by atoms with van der Waals surface area (Å²) in [6.45, 7) is 13.8. The monoisotopic (exact) mass is 479 g/mol. The van der Waals surface area contributed by atoms with Gasteiger partial charge in [-0.1, -0.05) is 36.7 Å². The average molecular weight is 480 g/mol. The lowest BCUT2D eigenvalue weighted by Crippen LogP contribution is -2.45. The molecule has 33 heavy (non-hydrogen) atoms. The molecule has 0 spiro atoms. The number of halogens is 1. The van der Waals surface area contributed by atoms with Gasteiger partial charge in [0.15, 0.2) is 5.17 Å². The molecule has 1 fully saturated rings. The molecule has 0 aliphatic carbocycles. The van der Waals surface area contributed by atoms with E-state index < -0.39 is 0 Å². The number of allylic oxidation sites excluding steroid dienone is 1. The zero-order chi connectivity index (χ0) is 23.9. The third-order valence-corrected chi connectivity index (χ3v) is 7.52. The maximum absolute atomic E-state index is 12.7. The fourth-order valence-corrected chi connectivity index (χ4v) is 5.48. The van der Waals surface area contributed by atoms with Crippen molar-refractivity contribution < 1.29 is 4.79 Å². The highest BCUT2D eigenvalue weighted by atomic mass is 35.5. The van der Waals surface area contributed by atoms with Gasteiger partial charge in [-0.25, -0.2) is 4.99 Å². The number of aryl methyl sites for hydroxylation is 1. The van der Waals surface area contributed by atoms with Crippen molar-refractivity contribution in [2.24, 2.45) is 4.99 Å². The minimum atomic E-state index is -0.154. The zero-order valence-corrected chi connectivity index (χ0v) is 21.6. The fourth-order valence-electron chi connectivity index (χ4n) is 4.45. The predicted molar refractivity (Wildman–Crippen MR) is 144 cm³/mol. The van der Waals surface area contributed by atoms with Crippen LogP contribution in [0.1, 0.15) is 56.4 Å². The van der Waals surface area contributed by atoms with Gasteiger partial charge in [0.05, 0.1) is 16.1 Å². The van der Waals surface area contributed by atoms with E-state index in [9.17, 15) is 4.79 Å². The normalized spacial score (nSPS) is 19.7. The standard InChI is InChI=1S/C27H30ClN3OS/c1-7-11-31-23-14-21(28)19(12-20(23)17(3)15-27(31,5)6)13-24-25(32)30-26(33-24)29-22-10-8-9-16(2)18(22)4/h8-10,12-15H,7,11H2,1-6H3,(H,29,30,32)/b24-13+. The first-order valence-corrected chi connectivity index (χ1v) is 12.5. The van der Waals surface area contributed by atoms with E-state index in [4.69, 9.17) is 11.6 Å². The van der Waals surface area contributed by atoms with Crippen LogP contribution in [0.15, 0.2) is 46.3 Å². The third-order valence-electron chi connectivity index (χ3n) is 6.28. The van der Waals surface area contributed by atoms with Crippen molar-refractivity contribution in [3.8, 4) is 0 Å². The van der Waals surface area contributed by atoms with Crippen molar-refractivity contribution in [3.05, 3.63) is 68.6 Å². The van der Waals surface area contributed by atoms with Gasteiger partial charge in [0.25, 0.3) is 5.91 Å². The molecule has 1 N–H and O–H groups in total. The van der Waals surface area contributed by atoms with E-state index in [1.54, 1.807) is 0 Å². The first-order chi connectivity index (χ1) is 15.6. The Morgan fingerprint density at radius 2 is 1.97 bits per heavy atom. The Bertz CT molecular complexity index is 1230. The lowest BCUT2D eigenvalue weighted by molar-refractivity contribution is -0.115. The Balaban J connectivity index is 1.69. The van der Waals surface area contributed by atoms with Crippen LogP contribution in [0.25, 0.3) is 11.6 Å². The van der Waals surface area contributed by atoms with Gasteiger partial charge < -0.3 is 10.2 Å².